The van der Waals surface area contributed by atoms with Gasteiger partial charge in [0.1, 0.15) is 0 Å². The fourth-order valence-electron chi connectivity index (χ4n) is 3.12. The van der Waals surface area contributed by atoms with E-state index in [0.29, 0.717) is 5.56 Å². The normalized spacial score (nSPS) is 12.1. The molecule has 0 saturated heterocycles. The molecule has 26 heavy (non-hydrogen) atoms. The van der Waals surface area contributed by atoms with Crippen molar-refractivity contribution in [3.63, 3.8) is 0 Å². The molecule has 0 fully saturated rings. The first kappa shape index (κ1) is 19.8. The number of hydrogen-bond acceptors (Lipinski definition) is 3. The Morgan fingerprint density at radius 1 is 1.15 bits per heavy atom. The monoisotopic (exact) mass is 356 g/mol. The highest BCUT2D eigenvalue weighted by Gasteiger charge is 2.23. The minimum absolute atomic E-state index is 0.281. The summed E-state index contributed by atoms with van der Waals surface area (Å²) < 4.78 is 7.44. The highest BCUT2D eigenvalue weighted by molar-refractivity contribution is 5.98. The van der Waals surface area contributed by atoms with E-state index in [9.17, 15) is 9.59 Å². The molecule has 2 aromatic rings. The van der Waals surface area contributed by atoms with Crippen molar-refractivity contribution in [2.45, 2.75) is 60.1 Å². The zero-order valence-electron chi connectivity index (χ0n) is 16.4. The first-order valence-electron chi connectivity index (χ1n) is 9.03. The molecule has 5 nitrogen and oxygen atoms in total. The Kier molecular flexibility index (Phi) is 6.24. The molecule has 1 aromatic heterocycles. The van der Waals surface area contributed by atoms with Crippen LogP contribution in [0.5, 0.6) is 0 Å². The largest absolute Gasteiger partial charge is 0.449 e. The van der Waals surface area contributed by atoms with Crippen LogP contribution in [0.15, 0.2) is 30.3 Å². The number of anilines is 1. The van der Waals surface area contributed by atoms with Crippen LogP contribution in [0.2, 0.25) is 0 Å². The Hall–Kier alpha value is -2.56. The molecule has 0 radical (unpaired) electrons. The predicted molar refractivity (Wildman–Crippen MR) is 104 cm³/mol. The van der Waals surface area contributed by atoms with E-state index in [4.69, 9.17) is 4.74 Å². The molecule has 0 aliphatic carbocycles. The van der Waals surface area contributed by atoms with Gasteiger partial charge in [0.05, 0.1) is 5.56 Å². The Labute approximate surface area is 155 Å². The number of carbonyl (C=O) groups excluding carboxylic acids is 2. The molecule has 1 heterocycles. The van der Waals surface area contributed by atoms with E-state index in [0.717, 1.165) is 29.2 Å². The molecule has 1 aromatic carbocycles. The number of nitrogens with zero attached hydrogens (tertiary/aromatic N) is 1. The van der Waals surface area contributed by atoms with Crippen molar-refractivity contribution < 1.29 is 14.3 Å². The van der Waals surface area contributed by atoms with E-state index in [1.165, 1.54) is 0 Å². The summed E-state index contributed by atoms with van der Waals surface area (Å²) in [6, 6.07) is 9.46. The number of para-hydroxylation sites is 1. The van der Waals surface area contributed by atoms with Crippen LogP contribution in [-0.2, 0) is 16.1 Å². The number of esters is 1. The average Bonchev–Trinajstić information content (AvgIpc) is 2.88. The number of aromatic nitrogens is 1. The second-order valence-electron chi connectivity index (χ2n) is 6.81. The molecule has 0 spiro atoms. The lowest BCUT2D eigenvalue weighted by molar-refractivity contribution is -0.123. The van der Waals surface area contributed by atoms with Crippen molar-refractivity contribution in [2.24, 2.45) is 0 Å². The maximum atomic E-state index is 12.5. The molecule has 0 aliphatic heterocycles. The van der Waals surface area contributed by atoms with Gasteiger partial charge in [-0.2, -0.15) is 0 Å². The summed E-state index contributed by atoms with van der Waals surface area (Å²) >= 11 is 0. The summed E-state index contributed by atoms with van der Waals surface area (Å²) in [7, 11) is 0. The first-order valence-corrected chi connectivity index (χ1v) is 9.03. The first-order chi connectivity index (χ1) is 12.3. The summed E-state index contributed by atoms with van der Waals surface area (Å²) in [6.45, 7) is 12.4. The fourth-order valence-corrected chi connectivity index (χ4v) is 3.12. The third kappa shape index (κ3) is 4.15. The molecular weight excluding hydrogens is 328 g/mol. The summed E-state index contributed by atoms with van der Waals surface area (Å²) in [4.78, 5) is 24.9. The second kappa shape index (κ2) is 8.21. The lowest BCUT2D eigenvalue weighted by Crippen LogP contribution is -2.30. The lowest BCUT2D eigenvalue weighted by Gasteiger charge is -2.17. The van der Waals surface area contributed by atoms with Crippen LogP contribution in [0.4, 0.5) is 5.69 Å². The van der Waals surface area contributed by atoms with Crippen molar-refractivity contribution in [2.75, 3.05) is 5.32 Å². The van der Waals surface area contributed by atoms with Crippen LogP contribution in [0.1, 0.15) is 60.9 Å². The van der Waals surface area contributed by atoms with Gasteiger partial charge in [0.25, 0.3) is 5.91 Å². The molecule has 0 saturated carbocycles. The van der Waals surface area contributed by atoms with Crippen molar-refractivity contribution in [1.82, 2.24) is 4.57 Å². The molecule has 0 bridgehead atoms. The number of ether oxygens (including phenoxy) is 1. The van der Waals surface area contributed by atoms with E-state index in [2.05, 4.69) is 19.2 Å². The van der Waals surface area contributed by atoms with Gasteiger partial charge < -0.3 is 14.6 Å². The highest BCUT2D eigenvalue weighted by Crippen LogP contribution is 2.24. The Balaban J connectivity index is 2.09. The Bertz CT molecular complexity index is 806. The lowest BCUT2D eigenvalue weighted by atomic mass is 10.0. The van der Waals surface area contributed by atoms with Gasteiger partial charge in [0, 0.05) is 23.6 Å². The van der Waals surface area contributed by atoms with Crippen LogP contribution in [0.25, 0.3) is 0 Å². The number of hydrogen-bond donors (Lipinski definition) is 1. The van der Waals surface area contributed by atoms with Crippen molar-refractivity contribution in [3.8, 4) is 0 Å². The van der Waals surface area contributed by atoms with Gasteiger partial charge in [-0.15, -0.1) is 0 Å². The summed E-state index contributed by atoms with van der Waals surface area (Å²) in [5, 5.41) is 2.87. The Morgan fingerprint density at radius 2 is 1.81 bits per heavy atom. The van der Waals surface area contributed by atoms with E-state index < -0.39 is 12.1 Å². The standard InChI is InChI=1S/C21H28N2O3/c1-7-23-14(4)12-18(15(23)5)21(25)26-16(6)20(24)22-19-11-9-8-10-17(19)13(2)3/h8-13,16H,7H2,1-6H3,(H,22,24)/t16-/m0/s1. The van der Waals surface area contributed by atoms with Crippen LogP contribution in [0.3, 0.4) is 0 Å². The van der Waals surface area contributed by atoms with Gasteiger partial charge in [0.15, 0.2) is 6.10 Å². The quantitative estimate of drug-likeness (QED) is 0.779. The van der Waals surface area contributed by atoms with E-state index in [1.54, 1.807) is 13.0 Å². The smallest absolute Gasteiger partial charge is 0.340 e. The minimum Gasteiger partial charge on any atom is -0.449 e. The molecule has 140 valence electrons. The zero-order valence-corrected chi connectivity index (χ0v) is 16.4. The maximum absolute atomic E-state index is 12.5. The second-order valence-corrected chi connectivity index (χ2v) is 6.81. The molecule has 0 aliphatic rings. The van der Waals surface area contributed by atoms with E-state index in [1.807, 2.05) is 49.6 Å². The van der Waals surface area contributed by atoms with Gasteiger partial charge in [-0.1, -0.05) is 32.0 Å². The third-order valence-corrected chi connectivity index (χ3v) is 4.60. The maximum Gasteiger partial charge on any atom is 0.340 e. The fraction of sp³-hybridized carbons (Fsp3) is 0.429. The predicted octanol–water partition coefficient (Wildman–Crippen LogP) is 4.43. The van der Waals surface area contributed by atoms with Crippen molar-refractivity contribution in [1.29, 1.82) is 0 Å². The highest BCUT2D eigenvalue weighted by atomic mass is 16.5. The number of aryl methyl sites for hydroxylation is 1. The van der Waals surface area contributed by atoms with Gasteiger partial charge in [0.2, 0.25) is 0 Å². The number of benzene rings is 1. The third-order valence-electron chi connectivity index (χ3n) is 4.60. The van der Waals surface area contributed by atoms with Gasteiger partial charge >= 0.3 is 5.97 Å². The molecule has 1 N–H and O–H groups in total. The van der Waals surface area contributed by atoms with Gasteiger partial charge in [-0.3, -0.25) is 4.79 Å². The van der Waals surface area contributed by atoms with E-state index >= 15 is 0 Å². The van der Waals surface area contributed by atoms with Crippen LogP contribution < -0.4 is 5.32 Å². The van der Waals surface area contributed by atoms with Gasteiger partial charge in [-0.25, -0.2) is 4.79 Å². The minimum atomic E-state index is -0.882. The average molecular weight is 356 g/mol. The Morgan fingerprint density at radius 3 is 2.38 bits per heavy atom. The van der Waals surface area contributed by atoms with Crippen LogP contribution in [0, 0.1) is 13.8 Å². The zero-order chi connectivity index (χ0) is 19.4. The van der Waals surface area contributed by atoms with Crippen LogP contribution >= 0.6 is 0 Å². The van der Waals surface area contributed by atoms with Gasteiger partial charge in [-0.05, 0) is 51.3 Å². The number of amides is 1. The molecular formula is C21H28N2O3. The number of carbonyl (C=O) groups is 2. The summed E-state index contributed by atoms with van der Waals surface area (Å²) in [5.41, 5.74) is 4.16. The summed E-state index contributed by atoms with van der Waals surface area (Å²) in [6.07, 6.45) is -0.882. The van der Waals surface area contributed by atoms with Crippen molar-refractivity contribution in [3.05, 3.63) is 52.8 Å². The molecule has 2 rings (SSSR count). The molecule has 1 atom stereocenters. The number of rotatable bonds is 6. The van der Waals surface area contributed by atoms with Crippen molar-refractivity contribution >= 4 is 17.6 Å². The molecule has 0 unspecified atom stereocenters. The number of nitrogens with one attached hydrogen (secondary N) is 1. The van der Waals surface area contributed by atoms with Crippen LogP contribution in [-0.4, -0.2) is 22.5 Å². The summed E-state index contributed by atoms with van der Waals surface area (Å²) in [5.74, 6) is -0.530. The molecule has 1 amide bonds. The van der Waals surface area contributed by atoms with E-state index in [-0.39, 0.29) is 11.8 Å². The SMILES string of the molecule is CCn1c(C)cc(C(=O)O[C@@H](C)C(=O)Nc2ccccc2C(C)C)c1C. The molecule has 5 heteroatoms. The topological polar surface area (TPSA) is 60.3 Å².